The highest BCUT2D eigenvalue weighted by Gasteiger charge is 2.16. The van der Waals surface area contributed by atoms with Crippen LogP contribution in [0.15, 0.2) is 59.3 Å². The molecule has 2 heterocycles. The average molecular weight is 421 g/mol. The van der Waals surface area contributed by atoms with Crippen molar-refractivity contribution in [1.82, 2.24) is 15.1 Å². The molecule has 0 radical (unpaired) electrons. The molecule has 0 spiro atoms. The number of benzene rings is 2. The number of nitrogens with one attached hydrogen (secondary N) is 1. The molecule has 0 atom stereocenters. The van der Waals surface area contributed by atoms with Crippen LogP contribution in [0.3, 0.4) is 0 Å². The molecular weight excluding hydrogens is 398 g/mol. The van der Waals surface area contributed by atoms with Crippen molar-refractivity contribution in [3.63, 3.8) is 0 Å². The van der Waals surface area contributed by atoms with E-state index in [2.05, 4.69) is 20.4 Å². The lowest BCUT2D eigenvalue weighted by Gasteiger charge is -2.28. The van der Waals surface area contributed by atoms with Crippen molar-refractivity contribution in [2.75, 3.05) is 50.1 Å². The number of aromatic nitrogens is 2. The molecule has 9 nitrogen and oxygen atoms in total. The van der Waals surface area contributed by atoms with Crippen LogP contribution in [0.25, 0.3) is 11.5 Å². The minimum absolute atomic E-state index is 0.0601. The maximum Gasteiger partial charge on any atom is 0.254 e. The fraction of sp³-hybridized carbons (Fsp3) is 0.273. The Kier molecular flexibility index (Phi) is 6.23. The Labute approximate surface area is 179 Å². The molecule has 1 aliphatic heterocycles. The first kappa shape index (κ1) is 20.5. The summed E-state index contributed by atoms with van der Waals surface area (Å²) >= 11 is 0. The smallest absolute Gasteiger partial charge is 0.254 e. The number of rotatable bonds is 6. The first-order valence-corrected chi connectivity index (χ1v) is 9.95. The van der Waals surface area contributed by atoms with Crippen LogP contribution in [-0.4, -0.2) is 66.8 Å². The standard InChI is InChI=1S/C22H23N5O4/c1-26(22(29)17-4-2-16(3-5-17)21-25-23-15-31-21)14-20(28)24-18-6-8-19(9-7-18)27-10-12-30-13-11-27/h2-9,15H,10-14H2,1H3,(H,24,28). The number of hydrogen-bond acceptors (Lipinski definition) is 7. The Morgan fingerprint density at radius 1 is 1.06 bits per heavy atom. The summed E-state index contributed by atoms with van der Waals surface area (Å²) in [7, 11) is 1.59. The molecule has 1 aromatic heterocycles. The Balaban J connectivity index is 1.31. The number of nitrogens with zero attached hydrogens (tertiary/aromatic N) is 4. The van der Waals surface area contributed by atoms with E-state index in [4.69, 9.17) is 9.15 Å². The van der Waals surface area contributed by atoms with Crippen LogP contribution in [-0.2, 0) is 9.53 Å². The van der Waals surface area contributed by atoms with Crippen LogP contribution in [0.4, 0.5) is 11.4 Å². The van der Waals surface area contributed by atoms with E-state index in [1.165, 1.54) is 11.3 Å². The summed E-state index contributed by atoms with van der Waals surface area (Å²) in [5.74, 6) is -0.140. The van der Waals surface area contributed by atoms with Gasteiger partial charge in [0.2, 0.25) is 18.2 Å². The number of carbonyl (C=O) groups excluding carboxylic acids is 2. The Bertz CT molecular complexity index is 1010. The van der Waals surface area contributed by atoms with Crippen LogP contribution in [0.5, 0.6) is 0 Å². The van der Waals surface area contributed by atoms with Gasteiger partial charge in [0.1, 0.15) is 0 Å². The zero-order valence-corrected chi connectivity index (χ0v) is 17.2. The lowest BCUT2D eigenvalue weighted by atomic mass is 10.1. The van der Waals surface area contributed by atoms with Crippen LogP contribution >= 0.6 is 0 Å². The van der Waals surface area contributed by atoms with Gasteiger partial charge in [-0.25, -0.2) is 0 Å². The van der Waals surface area contributed by atoms with E-state index in [0.717, 1.165) is 37.6 Å². The highest BCUT2D eigenvalue weighted by Crippen LogP contribution is 2.19. The van der Waals surface area contributed by atoms with E-state index >= 15 is 0 Å². The van der Waals surface area contributed by atoms with E-state index < -0.39 is 0 Å². The second-order valence-corrected chi connectivity index (χ2v) is 7.18. The summed E-state index contributed by atoms with van der Waals surface area (Å²) in [4.78, 5) is 28.6. The van der Waals surface area contributed by atoms with Gasteiger partial charge >= 0.3 is 0 Å². The van der Waals surface area contributed by atoms with Crippen molar-refractivity contribution < 1.29 is 18.7 Å². The number of likely N-dealkylation sites (N-methyl/N-ethyl adjacent to an activating group) is 1. The summed E-state index contributed by atoms with van der Waals surface area (Å²) in [6.45, 7) is 3.09. The van der Waals surface area contributed by atoms with Gasteiger partial charge in [0.05, 0.1) is 19.8 Å². The second kappa shape index (κ2) is 9.40. The largest absolute Gasteiger partial charge is 0.423 e. The van der Waals surface area contributed by atoms with Gasteiger partial charge in [0.25, 0.3) is 5.91 Å². The minimum Gasteiger partial charge on any atom is -0.423 e. The third-order valence-electron chi connectivity index (χ3n) is 4.99. The molecule has 3 aromatic rings. The zero-order chi connectivity index (χ0) is 21.6. The van der Waals surface area contributed by atoms with Crippen LogP contribution < -0.4 is 10.2 Å². The molecule has 1 saturated heterocycles. The van der Waals surface area contributed by atoms with E-state index in [1.807, 2.05) is 24.3 Å². The van der Waals surface area contributed by atoms with Crippen LogP contribution in [0, 0.1) is 0 Å². The van der Waals surface area contributed by atoms with Crippen molar-refractivity contribution >= 4 is 23.2 Å². The normalized spacial score (nSPS) is 13.6. The van der Waals surface area contributed by atoms with Gasteiger partial charge in [-0.05, 0) is 48.5 Å². The fourth-order valence-electron chi connectivity index (χ4n) is 3.34. The Hall–Kier alpha value is -3.72. The first-order chi connectivity index (χ1) is 15.1. The lowest BCUT2D eigenvalue weighted by molar-refractivity contribution is -0.116. The Morgan fingerprint density at radius 2 is 1.77 bits per heavy atom. The van der Waals surface area contributed by atoms with Crippen molar-refractivity contribution in [1.29, 1.82) is 0 Å². The highest BCUT2D eigenvalue weighted by molar-refractivity contribution is 5.99. The molecule has 4 rings (SSSR count). The Morgan fingerprint density at radius 3 is 2.42 bits per heavy atom. The van der Waals surface area contributed by atoms with Crippen LogP contribution in [0.1, 0.15) is 10.4 Å². The van der Waals surface area contributed by atoms with Gasteiger partial charge < -0.3 is 24.3 Å². The second-order valence-electron chi connectivity index (χ2n) is 7.18. The number of carbonyl (C=O) groups is 2. The number of anilines is 2. The van der Waals surface area contributed by atoms with Gasteiger partial charge in [0.15, 0.2) is 0 Å². The summed E-state index contributed by atoms with van der Waals surface area (Å²) < 4.78 is 10.5. The summed E-state index contributed by atoms with van der Waals surface area (Å²) in [5, 5.41) is 10.3. The monoisotopic (exact) mass is 421 g/mol. The molecule has 2 aromatic carbocycles. The summed E-state index contributed by atoms with van der Waals surface area (Å²) in [6.07, 6.45) is 1.25. The van der Waals surface area contributed by atoms with Gasteiger partial charge in [-0.3, -0.25) is 9.59 Å². The molecule has 1 N–H and O–H groups in total. The van der Waals surface area contributed by atoms with E-state index in [1.54, 1.807) is 31.3 Å². The molecular formula is C22H23N5O4. The summed E-state index contributed by atoms with van der Waals surface area (Å²) in [6, 6.07) is 14.5. The van der Waals surface area contributed by atoms with E-state index in [0.29, 0.717) is 17.1 Å². The molecule has 9 heteroatoms. The fourth-order valence-corrected chi connectivity index (χ4v) is 3.34. The molecule has 0 aliphatic carbocycles. The van der Waals surface area contributed by atoms with Crippen molar-refractivity contribution in [3.8, 4) is 11.5 Å². The lowest BCUT2D eigenvalue weighted by Crippen LogP contribution is -2.36. The molecule has 0 unspecified atom stereocenters. The van der Waals surface area contributed by atoms with E-state index in [9.17, 15) is 9.59 Å². The van der Waals surface area contributed by atoms with Gasteiger partial charge in [-0.1, -0.05) is 0 Å². The quantitative estimate of drug-likeness (QED) is 0.652. The SMILES string of the molecule is CN(CC(=O)Nc1ccc(N2CCOCC2)cc1)C(=O)c1ccc(-c2nnco2)cc1. The maximum absolute atomic E-state index is 12.6. The van der Waals surface area contributed by atoms with Crippen molar-refractivity contribution in [2.45, 2.75) is 0 Å². The first-order valence-electron chi connectivity index (χ1n) is 9.95. The molecule has 1 fully saturated rings. The van der Waals surface area contributed by atoms with Crippen molar-refractivity contribution in [2.24, 2.45) is 0 Å². The third kappa shape index (κ3) is 5.07. The predicted molar refractivity (Wildman–Crippen MR) is 115 cm³/mol. The molecule has 1 aliphatic rings. The topological polar surface area (TPSA) is 101 Å². The predicted octanol–water partition coefficient (Wildman–Crippen LogP) is 2.28. The molecule has 0 bridgehead atoms. The van der Waals surface area contributed by atoms with Gasteiger partial charge in [-0.2, -0.15) is 0 Å². The van der Waals surface area contributed by atoms with Gasteiger partial charge in [-0.15, -0.1) is 10.2 Å². The summed E-state index contributed by atoms with van der Waals surface area (Å²) in [5.41, 5.74) is 2.97. The van der Waals surface area contributed by atoms with Gasteiger partial charge in [0, 0.05) is 42.6 Å². The number of morpholine rings is 1. The van der Waals surface area contributed by atoms with Crippen LogP contribution in [0.2, 0.25) is 0 Å². The number of hydrogen-bond donors (Lipinski definition) is 1. The van der Waals surface area contributed by atoms with E-state index in [-0.39, 0.29) is 18.4 Å². The highest BCUT2D eigenvalue weighted by atomic mass is 16.5. The third-order valence-corrected chi connectivity index (χ3v) is 4.99. The number of ether oxygens (including phenoxy) is 1. The average Bonchev–Trinajstić information content (AvgIpc) is 3.35. The zero-order valence-electron chi connectivity index (χ0n) is 17.2. The molecule has 31 heavy (non-hydrogen) atoms. The molecule has 2 amide bonds. The molecule has 0 saturated carbocycles. The maximum atomic E-state index is 12.6. The number of amides is 2. The van der Waals surface area contributed by atoms with Crippen molar-refractivity contribution in [3.05, 3.63) is 60.5 Å². The minimum atomic E-state index is -0.266. The molecule has 160 valence electrons.